The quantitative estimate of drug-likeness (QED) is 0.411. The number of terminal acetylenes is 1. The van der Waals surface area contributed by atoms with Crippen molar-refractivity contribution in [1.29, 1.82) is 5.26 Å². The highest BCUT2D eigenvalue weighted by atomic mass is 35.5. The Morgan fingerprint density at radius 1 is 1.43 bits per heavy atom. The number of nitrogens with two attached hydrogens (primary N) is 1. The number of nitrogens with one attached hydrogen (secondary N) is 1. The lowest BCUT2D eigenvalue weighted by Gasteiger charge is -2.15. The maximum absolute atomic E-state index is 15.5. The van der Waals surface area contributed by atoms with E-state index in [1.807, 2.05) is 6.07 Å². The minimum atomic E-state index is -0.796. The lowest BCUT2D eigenvalue weighted by molar-refractivity contribution is 0.302. The zero-order chi connectivity index (χ0) is 24.9. The topological polar surface area (TPSA) is 136 Å². The fourth-order valence-corrected chi connectivity index (χ4v) is 4.14. The summed E-state index contributed by atoms with van der Waals surface area (Å²) in [5, 5.41) is 21.0. The van der Waals surface area contributed by atoms with Gasteiger partial charge in [0, 0.05) is 30.6 Å². The molecule has 1 aromatic carbocycles. The number of benzene rings is 1. The van der Waals surface area contributed by atoms with Crippen molar-refractivity contribution in [2.75, 3.05) is 0 Å². The van der Waals surface area contributed by atoms with Crippen molar-refractivity contribution in [3.8, 4) is 46.7 Å². The van der Waals surface area contributed by atoms with E-state index in [1.54, 1.807) is 13.1 Å². The average molecular weight is 490 g/mol. The Morgan fingerprint density at radius 2 is 2.20 bits per heavy atom. The summed E-state index contributed by atoms with van der Waals surface area (Å²) < 4.78 is 22.7. The number of H-pyrrole nitrogens is 1. The van der Waals surface area contributed by atoms with Crippen LogP contribution >= 0.6 is 11.6 Å². The molecule has 174 valence electrons. The first-order valence-electron chi connectivity index (χ1n) is 10.6. The Bertz CT molecular complexity index is 1660. The van der Waals surface area contributed by atoms with E-state index in [9.17, 15) is 10.1 Å². The van der Waals surface area contributed by atoms with Crippen LogP contribution in [0.1, 0.15) is 29.8 Å². The summed E-state index contributed by atoms with van der Waals surface area (Å²) in [6.45, 7) is 0.0318. The number of halogens is 2. The van der Waals surface area contributed by atoms with Gasteiger partial charge < -0.3 is 10.5 Å². The van der Waals surface area contributed by atoms with Crippen LogP contribution in [0.15, 0.2) is 23.1 Å². The molecule has 1 aliphatic carbocycles. The van der Waals surface area contributed by atoms with Gasteiger partial charge in [-0.2, -0.15) is 15.5 Å². The fraction of sp³-hybridized carbons (Fsp3) is 0.208. The number of hydrogen-bond acceptors (Lipinski definition) is 7. The predicted molar refractivity (Wildman–Crippen MR) is 127 cm³/mol. The maximum atomic E-state index is 15.5. The summed E-state index contributed by atoms with van der Waals surface area (Å²) >= 11 is 6.21. The molecule has 1 fully saturated rings. The Morgan fingerprint density at radius 3 is 2.86 bits per heavy atom. The van der Waals surface area contributed by atoms with E-state index in [0.29, 0.717) is 22.3 Å². The van der Waals surface area contributed by atoms with Crippen molar-refractivity contribution >= 4 is 22.4 Å². The molecular formula is C24H17ClFN7O2. The Kier molecular flexibility index (Phi) is 5.48. The average Bonchev–Trinajstić information content (AvgIpc) is 3.59. The number of aromatic nitrogens is 5. The number of rotatable bonds is 5. The number of hydrogen-bond donors (Lipinski definition) is 2. The fourth-order valence-electron chi connectivity index (χ4n) is 3.95. The summed E-state index contributed by atoms with van der Waals surface area (Å²) in [5.74, 6) is 1.82. The lowest BCUT2D eigenvalue weighted by atomic mass is 9.97. The van der Waals surface area contributed by atoms with Gasteiger partial charge in [-0.1, -0.05) is 11.6 Å². The monoisotopic (exact) mass is 489 g/mol. The van der Waals surface area contributed by atoms with E-state index in [-0.39, 0.29) is 51.3 Å². The van der Waals surface area contributed by atoms with E-state index in [0.717, 1.165) is 12.8 Å². The summed E-state index contributed by atoms with van der Waals surface area (Å²) in [6.07, 6.45) is 8.79. The molecule has 4 aromatic rings. The normalized spacial score (nSPS) is 13.0. The third kappa shape index (κ3) is 3.69. The van der Waals surface area contributed by atoms with Crippen LogP contribution in [-0.2, 0) is 13.6 Å². The molecule has 0 unspecified atom stereocenters. The van der Waals surface area contributed by atoms with Crippen molar-refractivity contribution < 1.29 is 9.13 Å². The van der Waals surface area contributed by atoms with E-state index in [2.05, 4.69) is 26.2 Å². The molecule has 9 nitrogen and oxygen atoms in total. The van der Waals surface area contributed by atoms with Crippen molar-refractivity contribution in [2.24, 2.45) is 12.8 Å². The van der Waals surface area contributed by atoms with Gasteiger partial charge in [0.25, 0.3) is 5.56 Å². The molecular weight excluding hydrogens is 473 g/mol. The number of nitriles is 1. The van der Waals surface area contributed by atoms with Crippen LogP contribution in [0.5, 0.6) is 5.75 Å². The second kappa shape index (κ2) is 8.51. The van der Waals surface area contributed by atoms with Crippen LogP contribution in [0, 0.1) is 29.5 Å². The zero-order valence-electron chi connectivity index (χ0n) is 18.4. The molecule has 5 rings (SSSR count). The Labute approximate surface area is 203 Å². The molecule has 3 N–H and O–H groups in total. The molecule has 35 heavy (non-hydrogen) atoms. The Balaban J connectivity index is 1.82. The molecule has 0 bridgehead atoms. The molecule has 0 radical (unpaired) electrons. The molecule has 11 heteroatoms. The van der Waals surface area contributed by atoms with E-state index >= 15 is 4.39 Å². The highest BCUT2D eigenvalue weighted by Gasteiger charge is 2.30. The molecule has 1 saturated carbocycles. The number of fused-ring (bicyclic) bond motifs is 1. The minimum Gasteiger partial charge on any atom is -0.489 e. The van der Waals surface area contributed by atoms with Gasteiger partial charge in [-0.3, -0.25) is 9.48 Å². The first-order chi connectivity index (χ1) is 16.9. The molecule has 3 heterocycles. The minimum absolute atomic E-state index is 0.0117. The number of aryl methyl sites for hydroxylation is 1. The van der Waals surface area contributed by atoms with Gasteiger partial charge in [0.05, 0.1) is 45.4 Å². The van der Waals surface area contributed by atoms with Gasteiger partial charge in [-0.15, -0.1) is 6.42 Å². The van der Waals surface area contributed by atoms with Gasteiger partial charge in [-0.25, -0.2) is 14.5 Å². The van der Waals surface area contributed by atoms with Gasteiger partial charge in [0.15, 0.2) is 5.82 Å². The molecule has 0 saturated heterocycles. The van der Waals surface area contributed by atoms with E-state index in [1.165, 1.54) is 16.9 Å². The van der Waals surface area contributed by atoms with Crippen LogP contribution < -0.4 is 16.0 Å². The number of ether oxygens (including phenoxy) is 1. The van der Waals surface area contributed by atoms with E-state index < -0.39 is 11.4 Å². The SMILES string of the molecule is C#Cc1nc(-c2cnn(C)c2-c2c(F)c(Cl)cc(OC3CC3)c2C#N)cc2c(CN)n[nH]c(=O)c12. The van der Waals surface area contributed by atoms with Crippen LogP contribution in [0.4, 0.5) is 4.39 Å². The summed E-state index contributed by atoms with van der Waals surface area (Å²) in [7, 11) is 1.60. The summed E-state index contributed by atoms with van der Waals surface area (Å²) in [6, 6.07) is 4.95. The van der Waals surface area contributed by atoms with Gasteiger partial charge in [0.2, 0.25) is 0 Å². The largest absolute Gasteiger partial charge is 0.489 e. The number of nitrogens with zero attached hydrogens (tertiary/aromatic N) is 5. The third-order valence-corrected chi connectivity index (χ3v) is 6.02. The highest BCUT2D eigenvalue weighted by Crippen LogP contribution is 2.42. The van der Waals surface area contributed by atoms with Crippen LogP contribution in [0.3, 0.4) is 0 Å². The van der Waals surface area contributed by atoms with Crippen molar-refractivity contribution in [2.45, 2.75) is 25.5 Å². The predicted octanol–water partition coefficient (Wildman–Crippen LogP) is 3.03. The first kappa shape index (κ1) is 22.5. The number of pyridine rings is 1. The van der Waals surface area contributed by atoms with Crippen molar-refractivity contribution in [3.05, 3.63) is 56.5 Å². The molecule has 0 spiro atoms. The molecule has 3 aromatic heterocycles. The van der Waals surface area contributed by atoms with Gasteiger partial charge >= 0.3 is 0 Å². The number of aromatic amines is 1. The first-order valence-corrected chi connectivity index (χ1v) is 11.0. The lowest BCUT2D eigenvalue weighted by Crippen LogP contribution is -2.15. The zero-order valence-corrected chi connectivity index (χ0v) is 19.1. The summed E-state index contributed by atoms with van der Waals surface area (Å²) in [5.41, 5.74) is 6.59. The highest BCUT2D eigenvalue weighted by molar-refractivity contribution is 6.31. The smallest absolute Gasteiger partial charge is 0.274 e. The maximum Gasteiger partial charge on any atom is 0.274 e. The van der Waals surface area contributed by atoms with Crippen molar-refractivity contribution in [3.63, 3.8) is 0 Å². The van der Waals surface area contributed by atoms with Crippen LogP contribution in [0.2, 0.25) is 5.02 Å². The Hall–Kier alpha value is -4.25. The van der Waals surface area contributed by atoms with Crippen LogP contribution in [0.25, 0.3) is 33.3 Å². The standard InChI is InChI=1S/C24H17ClFN7O2/c1-3-16-20-12(18(9-28)31-32-24(20)34)6-17(30-16)14-10-29-33(2)23(14)21-13(8-27)19(35-11-4-5-11)7-15(25)22(21)26/h1,6-7,10-11H,4-5,9,28H2,2H3,(H,32,34). The second-order valence-corrected chi connectivity index (χ2v) is 8.41. The van der Waals surface area contributed by atoms with Gasteiger partial charge in [-0.05, 0) is 24.8 Å². The molecule has 0 amide bonds. The van der Waals surface area contributed by atoms with Gasteiger partial charge in [0.1, 0.15) is 23.1 Å². The van der Waals surface area contributed by atoms with E-state index in [4.69, 9.17) is 28.5 Å². The van der Waals surface area contributed by atoms with Crippen molar-refractivity contribution in [1.82, 2.24) is 25.0 Å². The van der Waals surface area contributed by atoms with Crippen LogP contribution in [-0.4, -0.2) is 31.1 Å². The molecule has 0 atom stereocenters. The second-order valence-electron chi connectivity index (χ2n) is 8.01. The summed E-state index contributed by atoms with van der Waals surface area (Å²) in [4.78, 5) is 16.9. The molecule has 0 aliphatic heterocycles. The molecule has 1 aliphatic rings. The third-order valence-electron chi connectivity index (χ3n) is 5.74.